The molecule has 112 valence electrons. The summed E-state index contributed by atoms with van der Waals surface area (Å²) in [6, 6.07) is 1.54. The number of carbonyl (C=O) groups is 2. The molecule has 0 aliphatic carbocycles. The van der Waals surface area contributed by atoms with Gasteiger partial charge in [-0.3, -0.25) is 4.79 Å². The molecule has 0 aromatic carbocycles. The van der Waals surface area contributed by atoms with Crippen molar-refractivity contribution in [2.24, 2.45) is 0 Å². The van der Waals surface area contributed by atoms with Gasteiger partial charge in [0.2, 0.25) is 5.91 Å². The SMILES string of the molecule is CC(C)c1cc(CN(C)C(=O)CNC(=O)N(C)C)on1. The second-order valence-corrected chi connectivity index (χ2v) is 5.18. The van der Waals surface area contributed by atoms with Crippen molar-refractivity contribution in [3.63, 3.8) is 0 Å². The van der Waals surface area contributed by atoms with Crippen LogP contribution in [0.25, 0.3) is 0 Å². The Kier molecular flexibility index (Phi) is 5.54. The van der Waals surface area contributed by atoms with E-state index in [0.717, 1.165) is 5.69 Å². The summed E-state index contributed by atoms with van der Waals surface area (Å²) in [5.74, 6) is 0.721. The van der Waals surface area contributed by atoms with Crippen LogP contribution in [0.5, 0.6) is 0 Å². The maximum atomic E-state index is 11.8. The Bertz CT molecular complexity index is 468. The van der Waals surface area contributed by atoms with Crippen LogP contribution in [-0.4, -0.2) is 54.6 Å². The lowest BCUT2D eigenvalue weighted by Gasteiger charge is -2.17. The van der Waals surface area contributed by atoms with Gasteiger partial charge in [0.15, 0.2) is 5.76 Å². The standard InChI is InChI=1S/C13H22N4O3/c1-9(2)11-6-10(20-15-11)8-17(5)12(18)7-14-13(19)16(3)4/h6,9H,7-8H2,1-5H3,(H,14,19). The highest BCUT2D eigenvalue weighted by Gasteiger charge is 2.14. The Morgan fingerprint density at radius 1 is 1.35 bits per heavy atom. The molecule has 0 saturated heterocycles. The van der Waals surface area contributed by atoms with Crippen LogP contribution in [0.2, 0.25) is 0 Å². The number of nitrogens with one attached hydrogen (secondary N) is 1. The highest BCUT2D eigenvalue weighted by Crippen LogP contribution is 2.14. The number of aromatic nitrogens is 1. The van der Waals surface area contributed by atoms with Crippen LogP contribution in [0.4, 0.5) is 4.79 Å². The fourth-order valence-electron chi connectivity index (χ4n) is 1.44. The maximum Gasteiger partial charge on any atom is 0.317 e. The molecule has 0 saturated carbocycles. The number of hydrogen-bond donors (Lipinski definition) is 1. The molecular weight excluding hydrogens is 260 g/mol. The van der Waals surface area contributed by atoms with Gasteiger partial charge in [-0.1, -0.05) is 19.0 Å². The third kappa shape index (κ3) is 4.56. The quantitative estimate of drug-likeness (QED) is 0.874. The summed E-state index contributed by atoms with van der Waals surface area (Å²) in [6.07, 6.45) is 0. The van der Waals surface area contributed by atoms with E-state index in [1.165, 1.54) is 9.80 Å². The minimum absolute atomic E-state index is 0.0430. The summed E-state index contributed by atoms with van der Waals surface area (Å²) < 4.78 is 5.17. The van der Waals surface area contributed by atoms with E-state index >= 15 is 0 Å². The van der Waals surface area contributed by atoms with E-state index in [-0.39, 0.29) is 24.4 Å². The maximum absolute atomic E-state index is 11.8. The highest BCUT2D eigenvalue weighted by atomic mass is 16.5. The Labute approximate surface area is 118 Å². The van der Waals surface area contributed by atoms with Crippen LogP contribution in [0.1, 0.15) is 31.2 Å². The van der Waals surface area contributed by atoms with Crippen LogP contribution in [0.3, 0.4) is 0 Å². The minimum atomic E-state index is -0.298. The van der Waals surface area contributed by atoms with Gasteiger partial charge in [0.1, 0.15) is 0 Å². The number of amides is 3. The van der Waals surface area contributed by atoms with Gasteiger partial charge in [-0.15, -0.1) is 0 Å². The van der Waals surface area contributed by atoms with Crippen LogP contribution >= 0.6 is 0 Å². The molecule has 3 amide bonds. The molecular formula is C13H22N4O3. The van der Waals surface area contributed by atoms with Gasteiger partial charge in [0, 0.05) is 27.2 Å². The molecule has 20 heavy (non-hydrogen) atoms. The van der Waals surface area contributed by atoms with Crippen LogP contribution in [0, 0.1) is 0 Å². The summed E-state index contributed by atoms with van der Waals surface area (Å²) in [7, 11) is 4.89. The third-order valence-corrected chi connectivity index (χ3v) is 2.78. The molecule has 1 heterocycles. The largest absolute Gasteiger partial charge is 0.359 e. The van der Waals surface area contributed by atoms with Gasteiger partial charge in [-0.25, -0.2) is 4.79 Å². The van der Waals surface area contributed by atoms with Crippen LogP contribution in [-0.2, 0) is 11.3 Å². The van der Waals surface area contributed by atoms with Gasteiger partial charge in [0.05, 0.1) is 18.8 Å². The summed E-state index contributed by atoms with van der Waals surface area (Å²) in [5, 5.41) is 6.46. The average molecular weight is 282 g/mol. The van der Waals surface area contributed by atoms with Gasteiger partial charge in [-0.05, 0) is 5.92 Å². The molecule has 0 atom stereocenters. The fraction of sp³-hybridized carbons (Fsp3) is 0.615. The molecule has 0 bridgehead atoms. The van der Waals surface area contributed by atoms with Crippen molar-refractivity contribution in [3.05, 3.63) is 17.5 Å². The molecule has 1 aromatic heterocycles. The van der Waals surface area contributed by atoms with Crippen molar-refractivity contribution < 1.29 is 14.1 Å². The fourth-order valence-corrected chi connectivity index (χ4v) is 1.44. The van der Waals surface area contributed by atoms with Gasteiger partial charge >= 0.3 is 6.03 Å². The number of carbonyl (C=O) groups excluding carboxylic acids is 2. The minimum Gasteiger partial charge on any atom is -0.359 e. The summed E-state index contributed by atoms with van der Waals surface area (Å²) >= 11 is 0. The molecule has 0 spiro atoms. The third-order valence-electron chi connectivity index (χ3n) is 2.78. The van der Waals surface area contributed by atoms with Crippen molar-refractivity contribution in [1.82, 2.24) is 20.3 Å². The van der Waals surface area contributed by atoms with Gasteiger partial charge in [-0.2, -0.15) is 0 Å². The van der Waals surface area contributed by atoms with E-state index in [4.69, 9.17) is 4.52 Å². The lowest BCUT2D eigenvalue weighted by atomic mass is 10.1. The number of nitrogens with zero attached hydrogens (tertiary/aromatic N) is 3. The molecule has 1 N–H and O–H groups in total. The molecule has 7 nitrogen and oxygen atoms in total. The zero-order valence-electron chi connectivity index (χ0n) is 12.6. The Balaban J connectivity index is 2.46. The molecule has 1 aromatic rings. The summed E-state index contributed by atoms with van der Waals surface area (Å²) in [6.45, 7) is 4.33. The van der Waals surface area contributed by atoms with Crippen molar-refractivity contribution in [2.75, 3.05) is 27.7 Å². The molecule has 0 fully saturated rings. The lowest BCUT2D eigenvalue weighted by molar-refractivity contribution is -0.129. The first-order valence-corrected chi connectivity index (χ1v) is 6.46. The number of rotatable bonds is 5. The Hall–Kier alpha value is -2.05. The summed E-state index contributed by atoms with van der Waals surface area (Å²) in [4.78, 5) is 26.0. The normalized spacial score (nSPS) is 10.5. The topological polar surface area (TPSA) is 78.7 Å². The first kappa shape index (κ1) is 16.0. The molecule has 0 radical (unpaired) electrons. The van der Waals surface area contributed by atoms with Crippen molar-refractivity contribution >= 4 is 11.9 Å². The smallest absolute Gasteiger partial charge is 0.317 e. The second kappa shape index (κ2) is 6.93. The first-order chi connectivity index (χ1) is 9.31. The monoisotopic (exact) mass is 282 g/mol. The molecule has 0 aliphatic rings. The van der Waals surface area contributed by atoms with Gasteiger partial charge in [0.25, 0.3) is 0 Å². The van der Waals surface area contributed by atoms with E-state index in [2.05, 4.69) is 10.5 Å². The zero-order chi connectivity index (χ0) is 15.3. The predicted molar refractivity (Wildman–Crippen MR) is 74.2 cm³/mol. The van der Waals surface area contributed by atoms with Crippen LogP contribution < -0.4 is 5.32 Å². The van der Waals surface area contributed by atoms with E-state index in [1.807, 2.05) is 19.9 Å². The molecule has 7 heteroatoms. The van der Waals surface area contributed by atoms with Crippen molar-refractivity contribution in [2.45, 2.75) is 26.3 Å². The molecule has 0 aliphatic heterocycles. The molecule has 0 unspecified atom stereocenters. The van der Waals surface area contributed by atoms with Crippen molar-refractivity contribution in [3.8, 4) is 0 Å². The second-order valence-electron chi connectivity index (χ2n) is 5.18. The van der Waals surface area contributed by atoms with Gasteiger partial charge < -0.3 is 19.6 Å². The van der Waals surface area contributed by atoms with E-state index in [0.29, 0.717) is 12.3 Å². The summed E-state index contributed by atoms with van der Waals surface area (Å²) in [5.41, 5.74) is 0.863. The van der Waals surface area contributed by atoms with E-state index < -0.39 is 0 Å². The number of hydrogen-bond acceptors (Lipinski definition) is 4. The number of likely N-dealkylation sites (N-methyl/N-ethyl adjacent to an activating group) is 1. The Morgan fingerprint density at radius 2 is 2.00 bits per heavy atom. The lowest BCUT2D eigenvalue weighted by Crippen LogP contribution is -2.41. The van der Waals surface area contributed by atoms with E-state index in [9.17, 15) is 9.59 Å². The van der Waals surface area contributed by atoms with Crippen molar-refractivity contribution in [1.29, 1.82) is 0 Å². The first-order valence-electron chi connectivity index (χ1n) is 6.46. The highest BCUT2D eigenvalue weighted by molar-refractivity contribution is 5.83. The molecule has 1 rings (SSSR count). The predicted octanol–water partition coefficient (Wildman–Crippen LogP) is 1.03. The average Bonchev–Trinajstić information content (AvgIpc) is 2.83. The number of urea groups is 1. The zero-order valence-corrected chi connectivity index (χ0v) is 12.6. The Morgan fingerprint density at radius 3 is 2.50 bits per heavy atom. The van der Waals surface area contributed by atoms with Crippen LogP contribution in [0.15, 0.2) is 10.6 Å². The van der Waals surface area contributed by atoms with E-state index in [1.54, 1.807) is 21.1 Å².